The monoisotopic (exact) mass is 426 g/mol. The number of hydrogen-bond acceptors (Lipinski definition) is 3. The van der Waals surface area contributed by atoms with Crippen LogP contribution < -0.4 is 51.4 Å². The zero-order valence-electron chi connectivity index (χ0n) is 13.5. The van der Waals surface area contributed by atoms with E-state index in [1.54, 1.807) is 0 Å². The minimum Gasteiger partial charge on any atom is -0.448 e. The fraction of sp³-hybridized carbons (Fsp3) is 0.909. The summed E-state index contributed by atoms with van der Waals surface area (Å²) in [7, 11) is 0. The average Bonchev–Trinajstić information content (AvgIpc) is 2.88. The summed E-state index contributed by atoms with van der Waals surface area (Å²) in [6.45, 7) is -5.58. The molecule has 4 nitrogen and oxygen atoms in total. The second-order valence-corrected chi connectivity index (χ2v) is 6.20. The summed E-state index contributed by atoms with van der Waals surface area (Å²) in [5.74, 6) is -0.887. The molecule has 0 saturated carbocycles. The smallest absolute Gasteiger partial charge is 0.448 e. The number of fused-ring (bicyclic) bond motifs is 1. The minimum absolute atomic E-state index is 0. The van der Waals surface area contributed by atoms with Gasteiger partial charge in [-0.25, -0.2) is 4.79 Å². The molecule has 0 aromatic heterocycles. The average molecular weight is 426 g/mol. The number of halogens is 9. The molecule has 1 amide bonds. The van der Waals surface area contributed by atoms with E-state index in [1.807, 2.05) is 0 Å². The van der Waals surface area contributed by atoms with Crippen LogP contribution in [0.3, 0.4) is 0 Å². The van der Waals surface area contributed by atoms with Gasteiger partial charge < -0.3 is 27.5 Å². The van der Waals surface area contributed by atoms with Gasteiger partial charge in [0.1, 0.15) is 0 Å². The molecule has 15 heteroatoms. The first-order valence-corrected chi connectivity index (χ1v) is 7.19. The van der Waals surface area contributed by atoms with Crippen LogP contribution in [-0.2, 0) is 4.74 Å². The van der Waals surface area contributed by atoms with Gasteiger partial charge in [-0.3, -0.25) is 0 Å². The summed E-state index contributed by atoms with van der Waals surface area (Å²) < 4.78 is 115. The Kier molecular flexibility index (Phi) is 7.82. The van der Waals surface area contributed by atoms with E-state index in [-0.39, 0.29) is 77.6 Å². The molecule has 0 N–H and O–H groups in total. The third kappa shape index (κ3) is 6.43. The Hall–Kier alpha value is 0.301. The molecule has 0 aromatic carbocycles. The first-order valence-electron chi connectivity index (χ1n) is 7.19. The minimum atomic E-state index is -5.81. The second kappa shape index (κ2) is 8.35. The van der Waals surface area contributed by atoms with E-state index in [1.165, 1.54) is 0 Å². The Bertz CT molecular complexity index is 485. The molecule has 0 radical (unpaired) electrons. The molecule has 0 bridgehead atoms. The van der Waals surface area contributed by atoms with Crippen molar-refractivity contribution in [3.63, 3.8) is 0 Å². The first-order chi connectivity index (χ1) is 11.2. The van der Waals surface area contributed by atoms with Gasteiger partial charge >= 0.3 is 76.8 Å². The summed E-state index contributed by atoms with van der Waals surface area (Å²) in [6.07, 6.45) is -18.7. The maximum absolute atomic E-state index is 12.4. The maximum atomic E-state index is 12.4. The van der Waals surface area contributed by atoms with Gasteiger partial charge in [0.2, 0.25) is 0 Å². The zero-order chi connectivity index (χ0) is 19.2. The van der Waals surface area contributed by atoms with Crippen molar-refractivity contribution in [2.75, 3.05) is 32.6 Å². The molecule has 2 rings (SSSR count). The number of carbonyl (C=O) groups is 1. The number of alkyl halides is 6. The van der Waals surface area contributed by atoms with Gasteiger partial charge in [0.25, 0.3) is 6.10 Å². The molecule has 2 aliphatic rings. The van der Waals surface area contributed by atoms with Crippen LogP contribution in [-0.4, -0.2) is 74.0 Å². The third-order valence-corrected chi connectivity index (χ3v) is 4.10. The SMILES string of the molecule is O=C(OC(C(F)(F)F)C(F)(F)F)N1CC2CN(C[B-](F)(F)F)CC2C1.[K+]. The van der Waals surface area contributed by atoms with Crippen LogP contribution in [0.4, 0.5) is 44.1 Å². The van der Waals surface area contributed by atoms with Crippen LogP contribution in [0.5, 0.6) is 0 Å². The standard InChI is InChI=1S/C11H13BF9N2O2.K/c13-10(14,15)8(11(16,17)18)25-9(24)23-3-6-1-22(2-7(6)4-23)5-12(19,20)21;/h6-8H,1-5H2;/q-1;+1. The van der Waals surface area contributed by atoms with Gasteiger partial charge in [-0.05, 0) is 31.4 Å². The predicted octanol–water partition coefficient (Wildman–Crippen LogP) is -0.130. The number of nitrogens with zero attached hydrogens (tertiary/aromatic N) is 2. The number of carbonyl (C=O) groups excluding carboxylic acids is 1. The van der Waals surface area contributed by atoms with Crippen LogP contribution in [0.2, 0.25) is 0 Å². The largest absolute Gasteiger partial charge is 1.00 e. The van der Waals surface area contributed by atoms with Crippen molar-refractivity contribution >= 4 is 13.1 Å². The van der Waals surface area contributed by atoms with Crippen LogP contribution in [0, 0.1) is 11.8 Å². The number of amides is 1. The Morgan fingerprint density at radius 1 is 0.962 bits per heavy atom. The molecule has 2 atom stereocenters. The van der Waals surface area contributed by atoms with Crippen molar-refractivity contribution in [2.24, 2.45) is 11.8 Å². The predicted molar refractivity (Wildman–Crippen MR) is 66.5 cm³/mol. The van der Waals surface area contributed by atoms with E-state index in [2.05, 4.69) is 4.74 Å². The third-order valence-electron chi connectivity index (χ3n) is 4.10. The van der Waals surface area contributed by atoms with Gasteiger partial charge in [0.15, 0.2) is 0 Å². The van der Waals surface area contributed by atoms with Gasteiger partial charge in [0, 0.05) is 13.1 Å². The van der Waals surface area contributed by atoms with E-state index < -0.39 is 49.8 Å². The molecule has 146 valence electrons. The zero-order valence-corrected chi connectivity index (χ0v) is 16.6. The summed E-state index contributed by atoms with van der Waals surface area (Å²) in [5, 5.41) is 0. The van der Waals surface area contributed by atoms with Gasteiger partial charge in [-0.1, -0.05) is 0 Å². The van der Waals surface area contributed by atoms with Gasteiger partial charge in [-0.15, -0.1) is 0 Å². The topological polar surface area (TPSA) is 32.8 Å². The molecule has 26 heavy (non-hydrogen) atoms. The van der Waals surface area contributed by atoms with Crippen molar-refractivity contribution in [1.82, 2.24) is 9.80 Å². The quantitative estimate of drug-likeness (QED) is 0.466. The van der Waals surface area contributed by atoms with Gasteiger partial charge in [0.05, 0.1) is 0 Å². The Labute approximate surface area is 184 Å². The molecular weight excluding hydrogens is 413 g/mol. The number of rotatable bonds is 3. The first kappa shape index (κ1) is 24.3. The molecule has 2 heterocycles. The van der Waals surface area contributed by atoms with Crippen molar-refractivity contribution in [1.29, 1.82) is 0 Å². The molecule has 0 aromatic rings. The van der Waals surface area contributed by atoms with Gasteiger partial charge in [-0.2, -0.15) is 26.3 Å². The summed E-state index contributed by atoms with van der Waals surface area (Å²) >= 11 is 0. The van der Waals surface area contributed by atoms with Crippen LogP contribution in [0.1, 0.15) is 0 Å². The van der Waals surface area contributed by atoms with Crippen molar-refractivity contribution in [2.45, 2.75) is 18.5 Å². The summed E-state index contributed by atoms with van der Waals surface area (Å²) in [5.41, 5.74) is 0. The van der Waals surface area contributed by atoms with E-state index in [0.29, 0.717) is 4.90 Å². The van der Waals surface area contributed by atoms with Crippen molar-refractivity contribution < 1.29 is 100 Å². The van der Waals surface area contributed by atoms with Crippen molar-refractivity contribution in [3.8, 4) is 0 Å². The van der Waals surface area contributed by atoms with Crippen LogP contribution in [0.15, 0.2) is 0 Å². The van der Waals surface area contributed by atoms with E-state index >= 15 is 0 Å². The van der Waals surface area contributed by atoms with E-state index in [4.69, 9.17) is 0 Å². The molecule has 2 unspecified atom stereocenters. The summed E-state index contributed by atoms with van der Waals surface area (Å²) in [4.78, 5) is 13.4. The molecule has 2 fully saturated rings. The second-order valence-electron chi connectivity index (χ2n) is 6.20. The molecule has 2 aliphatic heterocycles. The maximum Gasteiger partial charge on any atom is 1.00 e. The Morgan fingerprint density at radius 3 is 1.73 bits per heavy atom. The Morgan fingerprint density at radius 2 is 1.38 bits per heavy atom. The molecule has 2 saturated heterocycles. The van der Waals surface area contributed by atoms with Crippen LogP contribution >= 0.6 is 0 Å². The van der Waals surface area contributed by atoms with E-state index in [0.717, 1.165) is 4.90 Å². The molecule has 0 spiro atoms. The van der Waals surface area contributed by atoms with Crippen molar-refractivity contribution in [3.05, 3.63) is 0 Å². The number of ether oxygens (including phenoxy) is 1. The van der Waals surface area contributed by atoms with Crippen LogP contribution in [0.25, 0.3) is 0 Å². The van der Waals surface area contributed by atoms with E-state index in [9.17, 15) is 44.1 Å². The number of likely N-dealkylation sites (tertiary alicyclic amines) is 2. The summed E-state index contributed by atoms with van der Waals surface area (Å²) in [6, 6.07) is 0. The molecule has 0 aliphatic carbocycles. The Balaban J connectivity index is 0.00000338. The number of hydrogen-bond donors (Lipinski definition) is 0. The normalized spacial score (nSPS) is 24.6. The molecular formula is C11H13BF9KN2O2. The fourth-order valence-electron chi connectivity index (χ4n) is 3.18. The fourth-order valence-corrected chi connectivity index (χ4v) is 3.18.